The summed E-state index contributed by atoms with van der Waals surface area (Å²) >= 11 is 0. The summed E-state index contributed by atoms with van der Waals surface area (Å²) in [5, 5.41) is 6.36. The number of carbonyl (C=O) groups is 1. The summed E-state index contributed by atoms with van der Waals surface area (Å²) in [6.07, 6.45) is 3.97. The summed E-state index contributed by atoms with van der Waals surface area (Å²) < 4.78 is 19.1. The first-order chi connectivity index (χ1) is 13.1. The van der Waals surface area contributed by atoms with Gasteiger partial charge in [0.05, 0.1) is 6.54 Å². The molecule has 8 heteroatoms. The Hall–Kier alpha value is -1.58. The highest BCUT2D eigenvalue weighted by atomic mass is 127. The van der Waals surface area contributed by atoms with Crippen LogP contribution in [-0.2, 0) is 4.79 Å². The average Bonchev–Trinajstić information content (AvgIpc) is 2.69. The number of piperidine rings is 1. The largest absolute Gasteiger partial charge is 0.489 e. The lowest BCUT2D eigenvalue weighted by molar-refractivity contribution is -0.130. The Labute approximate surface area is 184 Å². The van der Waals surface area contributed by atoms with Gasteiger partial charge in [0, 0.05) is 25.7 Å². The SMILES string of the molecule is CCNC(=NCC(=O)N1CCCCC1)NCC(CC)Oc1cccc(F)c1.I. The second kappa shape index (κ2) is 13.6. The molecule has 1 atom stereocenters. The highest BCUT2D eigenvalue weighted by Crippen LogP contribution is 2.14. The predicted molar refractivity (Wildman–Crippen MR) is 121 cm³/mol. The first kappa shape index (κ1) is 24.5. The third kappa shape index (κ3) is 8.62. The summed E-state index contributed by atoms with van der Waals surface area (Å²) in [6.45, 7) is 6.99. The van der Waals surface area contributed by atoms with Crippen LogP contribution in [0.25, 0.3) is 0 Å². The highest BCUT2D eigenvalue weighted by molar-refractivity contribution is 14.0. The molecule has 1 saturated heterocycles. The van der Waals surface area contributed by atoms with E-state index in [0.29, 0.717) is 24.8 Å². The van der Waals surface area contributed by atoms with Crippen LogP contribution in [-0.4, -0.2) is 55.6 Å². The summed E-state index contributed by atoms with van der Waals surface area (Å²) in [5.74, 6) is 0.839. The summed E-state index contributed by atoms with van der Waals surface area (Å²) in [6, 6.07) is 6.13. The van der Waals surface area contributed by atoms with E-state index < -0.39 is 0 Å². The van der Waals surface area contributed by atoms with Crippen LogP contribution in [0, 0.1) is 5.82 Å². The normalized spacial score (nSPS) is 15.4. The first-order valence-electron chi connectivity index (χ1n) is 9.84. The van der Waals surface area contributed by atoms with Crippen LogP contribution in [0.3, 0.4) is 0 Å². The fourth-order valence-electron chi connectivity index (χ4n) is 2.94. The Kier molecular flexibility index (Phi) is 11.9. The zero-order valence-corrected chi connectivity index (χ0v) is 19.1. The number of hydrogen-bond donors (Lipinski definition) is 2. The van der Waals surface area contributed by atoms with E-state index in [4.69, 9.17) is 4.74 Å². The fourth-order valence-corrected chi connectivity index (χ4v) is 2.94. The molecule has 0 radical (unpaired) electrons. The minimum atomic E-state index is -0.318. The van der Waals surface area contributed by atoms with E-state index in [0.717, 1.165) is 32.4 Å². The average molecular weight is 506 g/mol. The number of carbonyl (C=O) groups excluding carboxylic acids is 1. The van der Waals surface area contributed by atoms with Gasteiger partial charge in [-0.05, 0) is 44.7 Å². The molecule has 1 heterocycles. The number of hydrogen-bond acceptors (Lipinski definition) is 3. The number of aliphatic imine (C=N–C) groups is 1. The lowest BCUT2D eigenvalue weighted by Crippen LogP contribution is -2.43. The Morgan fingerprint density at radius 2 is 2.00 bits per heavy atom. The van der Waals surface area contributed by atoms with Crippen LogP contribution >= 0.6 is 24.0 Å². The van der Waals surface area contributed by atoms with Crippen molar-refractivity contribution in [1.29, 1.82) is 0 Å². The zero-order chi connectivity index (χ0) is 19.5. The molecule has 1 aromatic rings. The molecule has 6 nitrogen and oxygen atoms in total. The maximum absolute atomic E-state index is 13.3. The maximum Gasteiger partial charge on any atom is 0.244 e. The summed E-state index contributed by atoms with van der Waals surface area (Å²) in [7, 11) is 0. The Morgan fingerprint density at radius 3 is 2.64 bits per heavy atom. The molecule has 0 saturated carbocycles. The summed E-state index contributed by atoms with van der Waals surface area (Å²) in [5.41, 5.74) is 0. The topological polar surface area (TPSA) is 66.0 Å². The number of nitrogens with zero attached hydrogens (tertiary/aromatic N) is 2. The van der Waals surface area contributed by atoms with Gasteiger partial charge in [-0.15, -0.1) is 24.0 Å². The molecule has 0 bridgehead atoms. The number of halogens is 2. The third-order valence-electron chi connectivity index (χ3n) is 4.48. The van der Waals surface area contributed by atoms with Crippen LogP contribution in [0.4, 0.5) is 4.39 Å². The number of rotatable bonds is 8. The quantitative estimate of drug-likeness (QED) is 0.323. The van der Waals surface area contributed by atoms with Gasteiger partial charge in [0.1, 0.15) is 24.2 Å². The Bertz CT molecular complexity index is 624. The molecule has 0 aliphatic carbocycles. The molecule has 0 spiro atoms. The molecule has 1 fully saturated rings. The van der Waals surface area contributed by atoms with Gasteiger partial charge in [-0.1, -0.05) is 13.0 Å². The Balaban J connectivity index is 0.00000392. The van der Waals surface area contributed by atoms with Gasteiger partial charge in [-0.3, -0.25) is 4.79 Å². The lowest BCUT2D eigenvalue weighted by Gasteiger charge is -2.26. The van der Waals surface area contributed by atoms with E-state index in [1.165, 1.54) is 18.6 Å². The number of benzene rings is 1. The second-order valence-electron chi connectivity index (χ2n) is 6.62. The lowest BCUT2D eigenvalue weighted by atomic mass is 10.1. The van der Waals surface area contributed by atoms with Crippen molar-refractivity contribution in [2.45, 2.75) is 45.6 Å². The molecule has 28 heavy (non-hydrogen) atoms. The maximum atomic E-state index is 13.3. The van der Waals surface area contributed by atoms with Crippen LogP contribution < -0.4 is 15.4 Å². The fraction of sp³-hybridized carbons (Fsp3) is 0.600. The van der Waals surface area contributed by atoms with Gasteiger partial charge in [-0.25, -0.2) is 9.38 Å². The smallest absolute Gasteiger partial charge is 0.244 e. The van der Waals surface area contributed by atoms with Crippen LogP contribution in [0.1, 0.15) is 39.5 Å². The molecular weight excluding hydrogens is 474 g/mol. The number of guanidine groups is 1. The van der Waals surface area contributed by atoms with Gasteiger partial charge in [0.15, 0.2) is 5.96 Å². The number of ether oxygens (including phenoxy) is 1. The van der Waals surface area contributed by atoms with Crippen molar-refractivity contribution in [3.8, 4) is 5.75 Å². The summed E-state index contributed by atoms with van der Waals surface area (Å²) in [4.78, 5) is 18.6. The van der Waals surface area contributed by atoms with Crippen molar-refractivity contribution in [2.24, 2.45) is 4.99 Å². The van der Waals surface area contributed by atoms with Crippen molar-refractivity contribution < 1.29 is 13.9 Å². The standard InChI is InChI=1S/C20H31FN4O2.HI/c1-3-17(27-18-10-8-9-16(21)13-18)14-23-20(22-4-2)24-15-19(26)25-11-6-5-7-12-25;/h8-10,13,17H,3-7,11-12,14-15H2,1-2H3,(H2,22,23,24);1H. The van der Waals surface area contributed by atoms with Crippen LogP contribution in [0.5, 0.6) is 5.75 Å². The minimum absolute atomic E-state index is 0. The minimum Gasteiger partial charge on any atom is -0.489 e. The van der Waals surface area contributed by atoms with E-state index in [1.807, 2.05) is 18.7 Å². The van der Waals surface area contributed by atoms with E-state index in [-0.39, 0.29) is 48.3 Å². The molecular formula is C20H32FIN4O2. The van der Waals surface area contributed by atoms with Crippen LogP contribution in [0.2, 0.25) is 0 Å². The van der Waals surface area contributed by atoms with Gasteiger partial charge in [-0.2, -0.15) is 0 Å². The van der Waals surface area contributed by atoms with Crippen molar-refractivity contribution in [1.82, 2.24) is 15.5 Å². The van der Waals surface area contributed by atoms with Gasteiger partial charge in [0.25, 0.3) is 0 Å². The number of likely N-dealkylation sites (tertiary alicyclic amines) is 1. The Morgan fingerprint density at radius 1 is 1.25 bits per heavy atom. The van der Waals surface area contributed by atoms with E-state index >= 15 is 0 Å². The molecule has 1 aromatic carbocycles. The zero-order valence-electron chi connectivity index (χ0n) is 16.7. The monoisotopic (exact) mass is 506 g/mol. The molecule has 2 rings (SSSR count). The van der Waals surface area contributed by atoms with Gasteiger partial charge in [0.2, 0.25) is 5.91 Å². The van der Waals surface area contributed by atoms with Crippen molar-refractivity contribution in [3.63, 3.8) is 0 Å². The molecule has 158 valence electrons. The molecule has 2 N–H and O–H groups in total. The van der Waals surface area contributed by atoms with Crippen molar-refractivity contribution in [2.75, 3.05) is 32.7 Å². The molecule has 1 aliphatic rings. The molecule has 1 amide bonds. The van der Waals surface area contributed by atoms with E-state index in [9.17, 15) is 9.18 Å². The predicted octanol–water partition coefficient (Wildman–Crippen LogP) is 3.17. The molecule has 0 aromatic heterocycles. The van der Waals surface area contributed by atoms with Crippen molar-refractivity contribution in [3.05, 3.63) is 30.1 Å². The first-order valence-corrected chi connectivity index (χ1v) is 9.84. The number of amides is 1. The van der Waals surface area contributed by atoms with Gasteiger partial charge < -0.3 is 20.3 Å². The van der Waals surface area contributed by atoms with E-state index in [2.05, 4.69) is 15.6 Å². The van der Waals surface area contributed by atoms with Crippen LogP contribution in [0.15, 0.2) is 29.3 Å². The third-order valence-corrected chi connectivity index (χ3v) is 4.48. The van der Waals surface area contributed by atoms with Crippen molar-refractivity contribution >= 4 is 35.8 Å². The highest BCUT2D eigenvalue weighted by Gasteiger charge is 2.16. The number of nitrogens with one attached hydrogen (secondary N) is 2. The van der Waals surface area contributed by atoms with E-state index in [1.54, 1.807) is 12.1 Å². The molecule has 1 unspecified atom stereocenters. The molecule has 1 aliphatic heterocycles. The van der Waals surface area contributed by atoms with Gasteiger partial charge >= 0.3 is 0 Å². The second-order valence-corrected chi connectivity index (χ2v) is 6.62.